The number of aromatic nitrogens is 2. The van der Waals surface area contributed by atoms with E-state index < -0.39 is 0 Å². The maximum Gasteiger partial charge on any atom is 0.214 e. The van der Waals surface area contributed by atoms with E-state index in [9.17, 15) is 5.11 Å². The smallest absolute Gasteiger partial charge is 0.214 e. The fourth-order valence-electron chi connectivity index (χ4n) is 1.50. The minimum absolute atomic E-state index is 0.0580. The van der Waals surface area contributed by atoms with Crippen LogP contribution in [0.4, 0.5) is 0 Å². The first-order chi connectivity index (χ1) is 7.48. The van der Waals surface area contributed by atoms with Crippen LogP contribution in [0.5, 0.6) is 5.88 Å². The van der Waals surface area contributed by atoms with Crippen molar-refractivity contribution < 1.29 is 5.11 Å². The van der Waals surface area contributed by atoms with Gasteiger partial charge in [-0.1, -0.05) is 39.0 Å². The molecule has 0 saturated heterocycles. The molecule has 0 fully saturated rings. The van der Waals surface area contributed by atoms with Crippen molar-refractivity contribution in [1.29, 1.82) is 0 Å². The Hall–Kier alpha value is -1.77. The quantitative estimate of drug-likeness (QED) is 0.796. The van der Waals surface area contributed by atoms with Crippen molar-refractivity contribution in [2.75, 3.05) is 0 Å². The predicted molar refractivity (Wildman–Crippen MR) is 63.9 cm³/mol. The van der Waals surface area contributed by atoms with Gasteiger partial charge in [0, 0.05) is 11.5 Å². The molecule has 0 aliphatic heterocycles. The summed E-state index contributed by atoms with van der Waals surface area (Å²) >= 11 is 0. The van der Waals surface area contributed by atoms with E-state index in [-0.39, 0.29) is 11.3 Å². The number of hydrogen-bond acceptors (Lipinski definition) is 2. The fraction of sp³-hybridized carbons (Fsp3) is 0.308. The maximum atomic E-state index is 9.85. The molecule has 1 aromatic heterocycles. The highest BCUT2D eigenvalue weighted by Crippen LogP contribution is 2.26. The van der Waals surface area contributed by atoms with Crippen molar-refractivity contribution in [1.82, 2.24) is 9.78 Å². The fourth-order valence-corrected chi connectivity index (χ4v) is 1.50. The summed E-state index contributed by atoms with van der Waals surface area (Å²) in [5, 5.41) is 14.3. The van der Waals surface area contributed by atoms with Crippen molar-refractivity contribution in [3.63, 3.8) is 0 Å². The van der Waals surface area contributed by atoms with Gasteiger partial charge in [0.2, 0.25) is 5.88 Å². The lowest BCUT2D eigenvalue weighted by Gasteiger charge is -2.13. The summed E-state index contributed by atoms with van der Waals surface area (Å²) in [5.41, 5.74) is 1.70. The molecular formula is C13H16N2O. The predicted octanol–water partition coefficient (Wildman–Crippen LogP) is 2.88. The summed E-state index contributed by atoms with van der Waals surface area (Å²) in [7, 11) is 0. The van der Waals surface area contributed by atoms with Gasteiger partial charge in [0.15, 0.2) is 0 Å². The standard InChI is InChI=1S/C13H16N2O/c1-13(2,3)11-9-12(16)15(14-11)10-7-5-4-6-8-10/h4-9,16H,1-3H3. The van der Waals surface area contributed by atoms with Gasteiger partial charge in [-0.3, -0.25) is 0 Å². The number of nitrogens with zero attached hydrogens (tertiary/aromatic N) is 2. The average Bonchev–Trinajstić information content (AvgIpc) is 2.61. The molecule has 1 N–H and O–H groups in total. The van der Waals surface area contributed by atoms with Gasteiger partial charge in [-0.25, -0.2) is 4.68 Å². The molecule has 2 aromatic rings. The van der Waals surface area contributed by atoms with E-state index in [1.807, 2.05) is 30.3 Å². The van der Waals surface area contributed by atoms with E-state index in [2.05, 4.69) is 25.9 Å². The number of benzene rings is 1. The van der Waals surface area contributed by atoms with Gasteiger partial charge in [-0.05, 0) is 12.1 Å². The summed E-state index contributed by atoms with van der Waals surface area (Å²) in [6, 6.07) is 11.3. The molecule has 0 unspecified atom stereocenters. The summed E-state index contributed by atoms with van der Waals surface area (Å²) in [6.07, 6.45) is 0. The molecule has 2 rings (SSSR count). The molecule has 3 heteroatoms. The second-order valence-corrected chi connectivity index (χ2v) is 4.89. The zero-order valence-electron chi connectivity index (χ0n) is 9.81. The Kier molecular flexibility index (Phi) is 2.46. The number of para-hydroxylation sites is 1. The monoisotopic (exact) mass is 216 g/mol. The molecule has 0 aliphatic rings. The summed E-state index contributed by atoms with van der Waals surface area (Å²) in [5.74, 6) is 0.177. The third-order valence-electron chi connectivity index (χ3n) is 2.46. The molecule has 0 aliphatic carbocycles. The van der Waals surface area contributed by atoms with Gasteiger partial charge in [0.25, 0.3) is 0 Å². The highest BCUT2D eigenvalue weighted by atomic mass is 16.3. The zero-order valence-corrected chi connectivity index (χ0v) is 9.81. The first-order valence-electron chi connectivity index (χ1n) is 5.33. The molecule has 0 amide bonds. The van der Waals surface area contributed by atoms with E-state index in [1.165, 1.54) is 0 Å². The molecule has 3 nitrogen and oxygen atoms in total. The summed E-state index contributed by atoms with van der Waals surface area (Å²) in [4.78, 5) is 0. The number of hydrogen-bond donors (Lipinski definition) is 1. The summed E-state index contributed by atoms with van der Waals surface area (Å²) in [6.45, 7) is 6.22. The Morgan fingerprint density at radius 3 is 2.25 bits per heavy atom. The minimum Gasteiger partial charge on any atom is -0.493 e. The molecule has 0 atom stereocenters. The van der Waals surface area contributed by atoms with Crippen LogP contribution >= 0.6 is 0 Å². The lowest BCUT2D eigenvalue weighted by Crippen LogP contribution is -2.12. The first kappa shape index (κ1) is 10.7. The van der Waals surface area contributed by atoms with Crippen molar-refractivity contribution >= 4 is 0 Å². The molecule has 16 heavy (non-hydrogen) atoms. The lowest BCUT2D eigenvalue weighted by atomic mass is 9.93. The molecule has 1 heterocycles. The highest BCUT2D eigenvalue weighted by Gasteiger charge is 2.19. The molecule has 0 saturated carbocycles. The highest BCUT2D eigenvalue weighted by molar-refractivity contribution is 5.36. The molecule has 0 radical (unpaired) electrons. The van der Waals surface area contributed by atoms with Crippen LogP contribution in [-0.4, -0.2) is 14.9 Å². The normalized spacial score (nSPS) is 11.7. The second kappa shape index (κ2) is 3.67. The van der Waals surface area contributed by atoms with E-state index in [1.54, 1.807) is 10.7 Å². The Bertz CT molecular complexity index is 480. The lowest BCUT2D eigenvalue weighted by molar-refractivity contribution is 0.433. The van der Waals surface area contributed by atoms with E-state index in [4.69, 9.17) is 0 Å². The Labute approximate surface area is 95.3 Å². The van der Waals surface area contributed by atoms with Crippen LogP contribution in [0.1, 0.15) is 26.5 Å². The molecular weight excluding hydrogens is 200 g/mol. The Balaban J connectivity index is 2.48. The van der Waals surface area contributed by atoms with E-state index >= 15 is 0 Å². The van der Waals surface area contributed by atoms with Gasteiger partial charge in [0.05, 0.1) is 11.4 Å². The first-order valence-corrected chi connectivity index (χ1v) is 5.33. The Morgan fingerprint density at radius 2 is 1.75 bits per heavy atom. The maximum absolute atomic E-state index is 9.85. The van der Waals surface area contributed by atoms with E-state index in [0.717, 1.165) is 11.4 Å². The van der Waals surface area contributed by atoms with Crippen LogP contribution in [-0.2, 0) is 5.41 Å². The van der Waals surface area contributed by atoms with Crippen LogP contribution in [0.25, 0.3) is 5.69 Å². The van der Waals surface area contributed by atoms with Crippen molar-refractivity contribution in [2.24, 2.45) is 0 Å². The largest absolute Gasteiger partial charge is 0.493 e. The Morgan fingerprint density at radius 1 is 1.12 bits per heavy atom. The van der Waals surface area contributed by atoms with Crippen LogP contribution in [0.2, 0.25) is 0 Å². The van der Waals surface area contributed by atoms with Crippen LogP contribution in [0.3, 0.4) is 0 Å². The molecule has 84 valence electrons. The van der Waals surface area contributed by atoms with Crippen molar-refractivity contribution in [3.05, 3.63) is 42.1 Å². The molecule has 1 aromatic carbocycles. The van der Waals surface area contributed by atoms with Gasteiger partial charge in [-0.15, -0.1) is 0 Å². The number of aromatic hydroxyl groups is 1. The summed E-state index contributed by atoms with van der Waals surface area (Å²) < 4.78 is 1.56. The van der Waals surface area contributed by atoms with Crippen LogP contribution in [0.15, 0.2) is 36.4 Å². The van der Waals surface area contributed by atoms with E-state index in [0.29, 0.717) is 0 Å². The second-order valence-electron chi connectivity index (χ2n) is 4.89. The molecule has 0 bridgehead atoms. The van der Waals surface area contributed by atoms with Crippen molar-refractivity contribution in [3.8, 4) is 11.6 Å². The zero-order chi connectivity index (χ0) is 11.8. The average molecular weight is 216 g/mol. The van der Waals surface area contributed by atoms with Gasteiger partial charge < -0.3 is 5.11 Å². The SMILES string of the molecule is CC(C)(C)c1cc(O)n(-c2ccccc2)n1. The molecule has 0 spiro atoms. The van der Waals surface area contributed by atoms with Crippen LogP contribution < -0.4 is 0 Å². The van der Waals surface area contributed by atoms with Crippen molar-refractivity contribution in [2.45, 2.75) is 26.2 Å². The van der Waals surface area contributed by atoms with Gasteiger partial charge in [0.1, 0.15) is 0 Å². The third kappa shape index (κ3) is 1.94. The van der Waals surface area contributed by atoms with Crippen LogP contribution in [0, 0.1) is 0 Å². The van der Waals surface area contributed by atoms with Gasteiger partial charge in [-0.2, -0.15) is 5.10 Å². The minimum atomic E-state index is -0.0580. The third-order valence-corrected chi connectivity index (χ3v) is 2.46. The topological polar surface area (TPSA) is 38.0 Å². The number of rotatable bonds is 1. The van der Waals surface area contributed by atoms with Gasteiger partial charge >= 0.3 is 0 Å².